The lowest BCUT2D eigenvalue weighted by Gasteiger charge is -2.21. The summed E-state index contributed by atoms with van der Waals surface area (Å²) in [5, 5.41) is 9.61. The lowest BCUT2D eigenvalue weighted by atomic mass is 9.97. The van der Waals surface area contributed by atoms with Gasteiger partial charge in [0.05, 0.1) is 23.9 Å². The van der Waals surface area contributed by atoms with Gasteiger partial charge in [0.25, 0.3) is 0 Å². The first kappa shape index (κ1) is 15.7. The Hall–Kier alpha value is -1.69. The van der Waals surface area contributed by atoms with Gasteiger partial charge in [-0.1, -0.05) is 32.5 Å². The molecule has 114 valence electrons. The molecule has 0 aliphatic rings. The number of methoxy groups -OCH3 is 1. The van der Waals surface area contributed by atoms with Crippen molar-refractivity contribution < 1.29 is 14.6 Å². The van der Waals surface area contributed by atoms with Crippen molar-refractivity contribution in [2.24, 2.45) is 5.41 Å². The third-order valence-corrected chi connectivity index (χ3v) is 3.84. The fraction of sp³-hybridized carbons (Fsp3) is 0.467. The normalized spacial score (nSPS) is 11.8. The third-order valence-electron chi connectivity index (χ3n) is 2.88. The van der Waals surface area contributed by atoms with Gasteiger partial charge in [-0.25, -0.2) is 4.98 Å². The number of fused-ring (bicyclic) bond motifs is 1. The molecule has 0 fully saturated rings. The van der Waals surface area contributed by atoms with Crippen LogP contribution in [0.15, 0.2) is 23.4 Å². The Morgan fingerprint density at radius 2 is 2.14 bits per heavy atom. The van der Waals surface area contributed by atoms with Crippen molar-refractivity contribution in [3.8, 4) is 5.75 Å². The molecule has 1 heterocycles. The lowest BCUT2D eigenvalue weighted by molar-refractivity contribution is -0.133. The zero-order valence-electron chi connectivity index (χ0n) is 12.7. The summed E-state index contributed by atoms with van der Waals surface area (Å²) in [6.07, 6.45) is 0. The highest BCUT2D eigenvalue weighted by atomic mass is 32.2. The van der Waals surface area contributed by atoms with Crippen molar-refractivity contribution in [1.29, 1.82) is 0 Å². The Balaban J connectivity index is 2.49. The smallest absolute Gasteiger partial charge is 0.313 e. The van der Waals surface area contributed by atoms with Crippen LogP contribution in [0, 0.1) is 5.41 Å². The van der Waals surface area contributed by atoms with Crippen LogP contribution in [0.5, 0.6) is 5.75 Å². The van der Waals surface area contributed by atoms with Crippen LogP contribution in [-0.2, 0) is 11.3 Å². The molecule has 1 aromatic carbocycles. The molecule has 0 bridgehead atoms. The first-order valence-electron chi connectivity index (χ1n) is 6.69. The number of aromatic nitrogens is 2. The van der Waals surface area contributed by atoms with E-state index >= 15 is 0 Å². The van der Waals surface area contributed by atoms with Gasteiger partial charge in [0.15, 0.2) is 5.16 Å². The van der Waals surface area contributed by atoms with Crippen LogP contribution in [0.2, 0.25) is 0 Å². The van der Waals surface area contributed by atoms with E-state index in [0.717, 1.165) is 28.5 Å². The molecule has 0 radical (unpaired) electrons. The van der Waals surface area contributed by atoms with Gasteiger partial charge in [-0.05, 0) is 17.5 Å². The van der Waals surface area contributed by atoms with Gasteiger partial charge in [0, 0.05) is 12.6 Å². The summed E-state index contributed by atoms with van der Waals surface area (Å²) in [5.74, 6) is -0.0655. The number of carbonyl (C=O) groups is 1. The molecule has 1 N–H and O–H groups in total. The second-order valence-electron chi connectivity index (χ2n) is 6.08. The number of imidazole rings is 1. The van der Waals surface area contributed by atoms with Gasteiger partial charge in [0.1, 0.15) is 5.75 Å². The minimum atomic E-state index is -0.841. The quantitative estimate of drug-likeness (QED) is 0.859. The number of carboxylic acids is 1. The molecule has 6 heteroatoms. The molecule has 2 rings (SSSR count). The fourth-order valence-electron chi connectivity index (χ4n) is 2.07. The van der Waals surface area contributed by atoms with E-state index in [4.69, 9.17) is 9.84 Å². The average molecular weight is 308 g/mol. The fourth-order valence-corrected chi connectivity index (χ4v) is 2.81. The minimum absolute atomic E-state index is 0.00456. The molecule has 0 amide bonds. The molecule has 0 saturated heterocycles. The molecule has 1 aromatic heterocycles. The second-order valence-corrected chi connectivity index (χ2v) is 7.02. The summed E-state index contributed by atoms with van der Waals surface area (Å²) in [4.78, 5) is 15.4. The van der Waals surface area contributed by atoms with Gasteiger partial charge < -0.3 is 14.4 Å². The van der Waals surface area contributed by atoms with Gasteiger partial charge >= 0.3 is 5.97 Å². The summed E-state index contributed by atoms with van der Waals surface area (Å²) in [7, 11) is 1.63. The van der Waals surface area contributed by atoms with Crippen LogP contribution in [0.1, 0.15) is 20.8 Å². The summed E-state index contributed by atoms with van der Waals surface area (Å²) in [6.45, 7) is 7.19. The van der Waals surface area contributed by atoms with Gasteiger partial charge in [0.2, 0.25) is 0 Å². The molecule has 21 heavy (non-hydrogen) atoms. The second kappa shape index (κ2) is 5.97. The number of aliphatic carboxylic acids is 1. The SMILES string of the molecule is COc1ccc2nc(SCC(=O)O)n(CC(C)(C)C)c2c1. The lowest BCUT2D eigenvalue weighted by Crippen LogP contribution is -2.16. The number of nitrogens with zero attached hydrogens (tertiary/aromatic N) is 2. The van der Waals surface area contributed by atoms with Crippen molar-refractivity contribution in [2.75, 3.05) is 12.9 Å². The maximum Gasteiger partial charge on any atom is 0.313 e. The van der Waals surface area contributed by atoms with Crippen LogP contribution in [0.4, 0.5) is 0 Å². The molecule has 0 spiro atoms. The summed E-state index contributed by atoms with van der Waals surface area (Å²) in [6, 6.07) is 5.71. The summed E-state index contributed by atoms with van der Waals surface area (Å²) < 4.78 is 7.35. The van der Waals surface area contributed by atoms with Gasteiger partial charge in [-0.2, -0.15) is 0 Å². The van der Waals surface area contributed by atoms with Crippen LogP contribution in [0.25, 0.3) is 11.0 Å². The largest absolute Gasteiger partial charge is 0.497 e. The highest BCUT2D eigenvalue weighted by molar-refractivity contribution is 7.99. The predicted octanol–water partition coefficient (Wildman–Crippen LogP) is 3.27. The average Bonchev–Trinajstić information content (AvgIpc) is 2.72. The van der Waals surface area contributed by atoms with Crippen molar-refractivity contribution in [1.82, 2.24) is 9.55 Å². The number of hydrogen-bond donors (Lipinski definition) is 1. The van der Waals surface area contributed by atoms with Crippen LogP contribution in [0.3, 0.4) is 0 Å². The Morgan fingerprint density at radius 1 is 1.43 bits per heavy atom. The zero-order valence-corrected chi connectivity index (χ0v) is 13.5. The van der Waals surface area contributed by atoms with Crippen molar-refractivity contribution in [2.45, 2.75) is 32.5 Å². The van der Waals surface area contributed by atoms with E-state index in [9.17, 15) is 4.79 Å². The Labute approximate surface area is 128 Å². The third kappa shape index (κ3) is 3.91. The van der Waals surface area contributed by atoms with E-state index < -0.39 is 5.97 Å². The maximum absolute atomic E-state index is 10.8. The van der Waals surface area contributed by atoms with Crippen molar-refractivity contribution in [3.63, 3.8) is 0 Å². The highest BCUT2D eigenvalue weighted by Gasteiger charge is 2.19. The zero-order chi connectivity index (χ0) is 15.6. The number of ether oxygens (including phenoxy) is 1. The Morgan fingerprint density at radius 3 is 2.71 bits per heavy atom. The molecule has 5 nitrogen and oxygen atoms in total. The van der Waals surface area contributed by atoms with Gasteiger partial charge in [-0.3, -0.25) is 4.79 Å². The predicted molar refractivity (Wildman–Crippen MR) is 84.1 cm³/mol. The van der Waals surface area contributed by atoms with E-state index in [1.165, 1.54) is 11.8 Å². The topological polar surface area (TPSA) is 64.3 Å². The first-order valence-corrected chi connectivity index (χ1v) is 7.67. The molecular weight excluding hydrogens is 288 g/mol. The highest BCUT2D eigenvalue weighted by Crippen LogP contribution is 2.30. The molecular formula is C15H20N2O3S. The van der Waals surface area contributed by atoms with E-state index in [-0.39, 0.29) is 11.2 Å². The van der Waals surface area contributed by atoms with E-state index in [2.05, 4.69) is 30.3 Å². The molecule has 0 aliphatic carbocycles. The van der Waals surface area contributed by atoms with E-state index in [1.807, 2.05) is 18.2 Å². The van der Waals surface area contributed by atoms with Crippen molar-refractivity contribution in [3.05, 3.63) is 18.2 Å². The number of carboxylic acid groups (broad SMARTS) is 1. The van der Waals surface area contributed by atoms with E-state index in [1.54, 1.807) is 7.11 Å². The number of hydrogen-bond acceptors (Lipinski definition) is 4. The van der Waals surface area contributed by atoms with Crippen LogP contribution in [-0.4, -0.2) is 33.5 Å². The number of benzene rings is 1. The van der Waals surface area contributed by atoms with Crippen LogP contribution >= 0.6 is 11.8 Å². The molecule has 0 atom stereocenters. The standard InChI is InChI=1S/C15H20N2O3S/c1-15(2,3)9-17-12-7-10(20-4)5-6-11(12)16-14(17)21-8-13(18)19/h5-7H,8-9H2,1-4H3,(H,18,19). The Kier molecular flexibility index (Phi) is 4.46. The van der Waals surface area contributed by atoms with Gasteiger partial charge in [-0.15, -0.1) is 0 Å². The number of rotatable bonds is 5. The minimum Gasteiger partial charge on any atom is -0.497 e. The summed E-state index contributed by atoms with van der Waals surface area (Å²) in [5.41, 5.74) is 1.89. The molecule has 2 aromatic rings. The molecule has 0 saturated carbocycles. The van der Waals surface area contributed by atoms with Crippen LogP contribution < -0.4 is 4.74 Å². The Bertz CT molecular complexity index is 659. The van der Waals surface area contributed by atoms with Crippen molar-refractivity contribution >= 4 is 28.8 Å². The monoisotopic (exact) mass is 308 g/mol. The maximum atomic E-state index is 10.8. The number of thioether (sulfide) groups is 1. The van der Waals surface area contributed by atoms with E-state index in [0.29, 0.717) is 0 Å². The molecule has 0 unspecified atom stereocenters. The first-order chi connectivity index (χ1) is 9.80. The molecule has 0 aliphatic heterocycles. The summed E-state index contributed by atoms with van der Waals surface area (Å²) >= 11 is 1.25.